The number of hydrogen-bond donors (Lipinski definition) is 1. The summed E-state index contributed by atoms with van der Waals surface area (Å²) in [6.45, 7) is 2.37. The molecule has 2 aliphatic heterocycles. The van der Waals surface area contributed by atoms with Gasteiger partial charge < -0.3 is 10.2 Å². The second-order valence-corrected chi connectivity index (χ2v) is 6.45. The first kappa shape index (κ1) is 16.8. The topological polar surface area (TPSA) is 72.3 Å². The molecule has 4 rings (SSSR count). The predicted molar refractivity (Wildman–Crippen MR) is 100 cm³/mol. The van der Waals surface area contributed by atoms with Gasteiger partial charge in [-0.3, -0.25) is 4.79 Å². The van der Waals surface area contributed by atoms with Crippen molar-refractivity contribution in [3.05, 3.63) is 58.7 Å². The highest BCUT2D eigenvalue weighted by Crippen LogP contribution is 2.32. The highest BCUT2D eigenvalue weighted by atomic mass is 35.5. The number of anilines is 1. The fraction of sp³-hybridized carbons (Fsp3) is 0.211. The van der Waals surface area contributed by atoms with Crippen LogP contribution in [0.3, 0.4) is 0 Å². The second kappa shape index (κ2) is 6.90. The zero-order valence-corrected chi connectivity index (χ0v) is 14.8. The van der Waals surface area contributed by atoms with Crippen molar-refractivity contribution in [2.75, 3.05) is 11.2 Å². The van der Waals surface area contributed by atoms with Gasteiger partial charge in [-0.05, 0) is 36.8 Å². The Bertz CT molecular complexity index is 936. The molecule has 2 aromatic carbocycles. The van der Waals surface area contributed by atoms with Crippen LogP contribution in [0, 0.1) is 0 Å². The number of fused-ring (bicyclic) bond motifs is 2. The number of amides is 1. The summed E-state index contributed by atoms with van der Waals surface area (Å²) in [5, 5.41) is 11.5. The van der Waals surface area contributed by atoms with E-state index in [2.05, 4.69) is 15.5 Å². The molecule has 2 heterocycles. The summed E-state index contributed by atoms with van der Waals surface area (Å²) >= 11 is 5.52. The van der Waals surface area contributed by atoms with E-state index in [1.807, 2.05) is 43.3 Å². The molecule has 0 saturated carbocycles. The van der Waals surface area contributed by atoms with Crippen LogP contribution in [0.2, 0.25) is 0 Å². The van der Waals surface area contributed by atoms with Crippen LogP contribution < -0.4 is 10.2 Å². The quantitative estimate of drug-likeness (QED) is 0.665. The third-order valence-corrected chi connectivity index (χ3v) is 4.48. The van der Waals surface area contributed by atoms with E-state index in [1.165, 1.54) is 0 Å². The number of nitrogens with one attached hydrogen (secondary N) is 1. The van der Waals surface area contributed by atoms with Crippen LogP contribution in [-0.4, -0.2) is 23.2 Å². The maximum Gasteiger partial charge on any atom is 0.239 e. The molecule has 0 unspecified atom stereocenters. The fourth-order valence-electron chi connectivity index (χ4n) is 3.00. The first-order valence-corrected chi connectivity index (χ1v) is 8.70. The average molecular weight is 370 g/mol. The summed E-state index contributed by atoms with van der Waals surface area (Å²) < 4.78 is 0. The van der Waals surface area contributed by atoms with Gasteiger partial charge in [-0.2, -0.15) is 9.99 Å². The van der Waals surface area contributed by atoms with E-state index in [-0.39, 0.29) is 11.8 Å². The Kier molecular flexibility index (Phi) is 4.44. The Morgan fingerprint density at radius 3 is 2.77 bits per heavy atom. The van der Waals surface area contributed by atoms with Gasteiger partial charge in [0.15, 0.2) is 5.75 Å². The third-order valence-electron chi connectivity index (χ3n) is 4.24. The smallest absolute Gasteiger partial charge is 0.239 e. The van der Waals surface area contributed by atoms with Crippen molar-refractivity contribution >= 4 is 34.6 Å². The lowest BCUT2D eigenvalue weighted by Gasteiger charge is -2.11. The van der Waals surface area contributed by atoms with Gasteiger partial charge in [-0.25, -0.2) is 0 Å². The van der Waals surface area contributed by atoms with Gasteiger partial charge in [0.2, 0.25) is 5.91 Å². The monoisotopic (exact) mass is 369 g/mol. The molecule has 0 atom stereocenters. The van der Waals surface area contributed by atoms with Gasteiger partial charge in [0, 0.05) is 34.5 Å². The van der Waals surface area contributed by atoms with Crippen molar-refractivity contribution in [2.45, 2.75) is 20.0 Å². The van der Waals surface area contributed by atoms with Gasteiger partial charge in [0.1, 0.15) is 18.2 Å². The number of carbonyl (C=O) groups excluding carboxylic acids is 1. The van der Waals surface area contributed by atoms with Gasteiger partial charge in [-0.1, -0.05) is 12.1 Å². The average Bonchev–Trinajstić information content (AvgIpc) is 3.03. The second-order valence-electron chi connectivity index (χ2n) is 6.18. The van der Waals surface area contributed by atoms with Crippen LogP contribution in [0.1, 0.15) is 29.2 Å². The predicted octanol–water partition coefficient (Wildman–Crippen LogP) is 3.46. The standard InChI is InChI=1S/C19H16ClN3O3/c1-11-6-13-8-17-14(10-25-26-17)7-16(13)19(23-22-11)12-2-4-15(5-3-12)21-18(24)9-20/h2-5,7-8H,6,9-10H2,1H3,(H,21,24). The Balaban J connectivity index is 1.73. The summed E-state index contributed by atoms with van der Waals surface area (Å²) in [4.78, 5) is 21.7. The van der Waals surface area contributed by atoms with Gasteiger partial charge in [0.25, 0.3) is 0 Å². The van der Waals surface area contributed by atoms with E-state index in [0.717, 1.165) is 39.4 Å². The van der Waals surface area contributed by atoms with Crippen molar-refractivity contribution in [1.29, 1.82) is 0 Å². The largest absolute Gasteiger partial charge is 0.337 e. The van der Waals surface area contributed by atoms with Gasteiger partial charge in [-0.15, -0.1) is 16.7 Å². The molecule has 0 bridgehead atoms. The number of benzene rings is 2. The number of rotatable bonds is 3. The highest BCUT2D eigenvalue weighted by molar-refractivity contribution is 6.29. The molecule has 0 aromatic heterocycles. The lowest BCUT2D eigenvalue weighted by molar-refractivity contribution is -0.194. The maximum absolute atomic E-state index is 11.4. The van der Waals surface area contributed by atoms with Crippen LogP contribution in [0.5, 0.6) is 5.75 Å². The SMILES string of the molecule is CC1=NN=C(c2ccc(NC(=O)CCl)cc2)c2cc3c(cc2C1)OOC3. The Morgan fingerprint density at radius 1 is 1.19 bits per heavy atom. The highest BCUT2D eigenvalue weighted by Gasteiger charge is 2.22. The Morgan fingerprint density at radius 2 is 2.00 bits per heavy atom. The first-order chi connectivity index (χ1) is 12.6. The van der Waals surface area contributed by atoms with Crippen LogP contribution >= 0.6 is 11.6 Å². The molecule has 2 aliphatic rings. The van der Waals surface area contributed by atoms with Crippen molar-refractivity contribution in [1.82, 2.24) is 0 Å². The first-order valence-electron chi connectivity index (χ1n) is 8.17. The lowest BCUT2D eigenvalue weighted by Crippen LogP contribution is -2.13. The van der Waals surface area contributed by atoms with Crippen molar-refractivity contribution in [2.24, 2.45) is 10.2 Å². The Labute approximate surface area is 155 Å². The van der Waals surface area contributed by atoms with E-state index < -0.39 is 0 Å². The van der Waals surface area contributed by atoms with Crippen molar-refractivity contribution in [3.8, 4) is 5.75 Å². The van der Waals surface area contributed by atoms with Crippen molar-refractivity contribution in [3.63, 3.8) is 0 Å². The number of hydrogen-bond acceptors (Lipinski definition) is 5. The zero-order chi connectivity index (χ0) is 18.1. The number of carbonyl (C=O) groups is 1. The summed E-state index contributed by atoms with van der Waals surface area (Å²) in [6.07, 6.45) is 0.697. The summed E-state index contributed by atoms with van der Waals surface area (Å²) in [5.74, 6) is 0.426. The normalized spacial score (nSPS) is 15.2. The van der Waals surface area contributed by atoms with E-state index in [4.69, 9.17) is 21.4 Å². The molecule has 0 radical (unpaired) electrons. The van der Waals surface area contributed by atoms with Gasteiger partial charge in [0.05, 0.1) is 0 Å². The van der Waals surface area contributed by atoms with Crippen LogP contribution in [0.25, 0.3) is 0 Å². The molecule has 6 nitrogen and oxygen atoms in total. The minimum Gasteiger partial charge on any atom is -0.337 e. The Hall–Kier alpha value is -2.70. The fourth-order valence-corrected chi connectivity index (χ4v) is 3.07. The molecule has 0 aliphatic carbocycles. The lowest BCUT2D eigenvalue weighted by atomic mass is 9.93. The molecule has 1 N–H and O–H groups in total. The molecule has 0 fully saturated rings. The minimum atomic E-state index is -0.243. The van der Waals surface area contributed by atoms with Crippen LogP contribution in [-0.2, 0) is 22.7 Å². The summed E-state index contributed by atoms with van der Waals surface area (Å²) in [6, 6.07) is 11.5. The van der Waals surface area contributed by atoms with Crippen LogP contribution in [0.15, 0.2) is 46.6 Å². The minimum absolute atomic E-state index is 0.0783. The van der Waals surface area contributed by atoms with E-state index in [1.54, 1.807) is 0 Å². The molecular formula is C19H16ClN3O3. The van der Waals surface area contributed by atoms with Crippen molar-refractivity contribution < 1.29 is 14.6 Å². The number of halogens is 1. The number of alkyl halides is 1. The maximum atomic E-state index is 11.4. The van der Waals surface area contributed by atoms with E-state index in [0.29, 0.717) is 18.7 Å². The number of nitrogens with zero attached hydrogens (tertiary/aromatic N) is 2. The zero-order valence-electron chi connectivity index (χ0n) is 14.1. The van der Waals surface area contributed by atoms with Crippen LogP contribution in [0.4, 0.5) is 5.69 Å². The van der Waals surface area contributed by atoms with Gasteiger partial charge >= 0.3 is 0 Å². The third kappa shape index (κ3) is 3.21. The van der Waals surface area contributed by atoms with E-state index >= 15 is 0 Å². The summed E-state index contributed by atoms with van der Waals surface area (Å²) in [5.41, 5.74) is 6.38. The molecule has 7 heteroatoms. The molecule has 132 valence electrons. The molecule has 26 heavy (non-hydrogen) atoms. The molecule has 2 aromatic rings. The summed E-state index contributed by atoms with van der Waals surface area (Å²) in [7, 11) is 0. The molecule has 0 saturated heterocycles. The molecular weight excluding hydrogens is 354 g/mol. The molecule has 1 amide bonds. The van der Waals surface area contributed by atoms with E-state index in [9.17, 15) is 4.79 Å². The molecule has 0 spiro atoms.